The lowest BCUT2D eigenvalue weighted by Gasteiger charge is -2.08. The Balaban J connectivity index is 1.59. The van der Waals surface area contributed by atoms with Crippen LogP contribution in [0.4, 0.5) is 11.4 Å². The van der Waals surface area contributed by atoms with Crippen molar-refractivity contribution in [3.05, 3.63) is 59.5 Å². The van der Waals surface area contributed by atoms with Gasteiger partial charge in [-0.3, -0.25) is 4.79 Å². The Bertz CT molecular complexity index is 930. The molecule has 0 fully saturated rings. The van der Waals surface area contributed by atoms with E-state index in [-0.39, 0.29) is 12.3 Å². The molecule has 0 unspecified atom stereocenters. The second-order valence-electron chi connectivity index (χ2n) is 6.91. The van der Waals surface area contributed by atoms with Gasteiger partial charge in [0.25, 0.3) is 0 Å². The van der Waals surface area contributed by atoms with Crippen LogP contribution in [0.25, 0.3) is 11.4 Å². The molecule has 27 heavy (non-hydrogen) atoms. The summed E-state index contributed by atoms with van der Waals surface area (Å²) in [4.78, 5) is 16.6. The Kier molecular flexibility index (Phi) is 5.54. The molecule has 3 aromatic rings. The molecule has 0 aliphatic rings. The first-order valence-corrected chi connectivity index (χ1v) is 9.01. The maximum Gasteiger partial charge on any atom is 0.227 e. The van der Waals surface area contributed by atoms with Gasteiger partial charge in [0.1, 0.15) is 0 Å². The van der Waals surface area contributed by atoms with Crippen molar-refractivity contribution in [3.8, 4) is 11.4 Å². The summed E-state index contributed by atoms with van der Waals surface area (Å²) >= 11 is 0. The van der Waals surface area contributed by atoms with Crippen molar-refractivity contribution in [2.24, 2.45) is 0 Å². The first kappa shape index (κ1) is 18.6. The van der Waals surface area contributed by atoms with E-state index >= 15 is 0 Å². The quantitative estimate of drug-likeness (QED) is 0.635. The largest absolute Gasteiger partial charge is 0.399 e. The molecule has 0 radical (unpaired) electrons. The molecule has 0 aliphatic heterocycles. The second-order valence-corrected chi connectivity index (χ2v) is 6.91. The van der Waals surface area contributed by atoms with Crippen molar-refractivity contribution in [2.75, 3.05) is 11.1 Å². The monoisotopic (exact) mass is 364 g/mol. The molecule has 140 valence electrons. The van der Waals surface area contributed by atoms with Crippen LogP contribution in [-0.4, -0.2) is 16.0 Å². The summed E-state index contributed by atoms with van der Waals surface area (Å²) in [5, 5.41) is 6.88. The number of aryl methyl sites for hydroxylation is 2. The Morgan fingerprint density at radius 1 is 1.19 bits per heavy atom. The van der Waals surface area contributed by atoms with Crippen LogP contribution in [0.1, 0.15) is 43.2 Å². The van der Waals surface area contributed by atoms with Gasteiger partial charge in [0.15, 0.2) is 0 Å². The van der Waals surface area contributed by atoms with Crippen molar-refractivity contribution in [2.45, 2.75) is 39.5 Å². The summed E-state index contributed by atoms with van der Waals surface area (Å²) in [6.45, 7) is 6.22. The summed E-state index contributed by atoms with van der Waals surface area (Å²) in [6.07, 6.45) is 0.631. The number of carbonyl (C=O) groups excluding carboxylic acids is 1. The van der Waals surface area contributed by atoms with Crippen LogP contribution in [-0.2, 0) is 11.2 Å². The van der Waals surface area contributed by atoms with Crippen LogP contribution in [0, 0.1) is 6.92 Å². The van der Waals surface area contributed by atoms with E-state index in [9.17, 15) is 4.79 Å². The first-order chi connectivity index (χ1) is 12.9. The van der Waals surface area contributed by atoms with Crippen LogP contribution in [0.2, 0.25) is 0 Å². The highest BCUT2D eigenvalue weighted by molar-refractivity contribution is 5.92. The zero-order chi connectivity index (χ0) is 19.4. The number of aromatic nitrogens is 2. The van der Waals surface area contributed by atoms with Crippen molar-refractivity contribution in [3.63, 3.8) is 0 Å². The van der Waals surface area contributed by atoms with E-state index < -0.39 is 0 Å². The van der Waals surface area contributed by atoms with E-state index in [2.05, 4.69) is 41.4 Å². The lowest BCUT2D eigenvalue weighted by Crippen LogP contribution is -2.13. The van der Waals surface area contributed by atoms with E-state index in [0.717, 1.165) is 16.8 Å². The molecule has 0 aliphatic carbocycles. The van der Waals surface area contributed by atoms with Gasteiger partial charge in [-0.05, 0) is 36.1 Å². The number of hydrogen-bond donors (Lipinski definition) is 2. The number of carbonyl (C=O) groups is 1. The second kappa shape index (κ2) is 8.03. The Morgan fingerprint density at radius 3 is 2.63 bits per heavy atom. The molecule has 6 heteroatoms. The zero-order valence-corrected chi connectivity index (χ0v) is 15.8. The number of hydrogen-bond acceptors (Lipinski definition) is 5. The molecule has 1 aromatic heterocycles. The summed E-state index contributed by atoms with van der Waals surface area (Å²) in [5.41, 5.74) is 10.2. The molecule has 0 spiro atoms. The van der Waals surface area contributed by atoms with Crippen molar-refractivity contribution < 1.29 is 9.32 Å². The molecule has 2 aromatic carbocycles. The molecule has 1 heterocycles. The van der Waals surface area contributed by atoms with E-state index in [1.165, 1.54) is 5.56 Å². The third-order valence-corrected chi connectivity index (χ3v) is 4.41. The van der Waals surface area contributed by atoms with Gasteiger partial charge in [-0.2, -0.15) is 4.98 Å². The number of nitrogens with one attached hydrogen (secondary N) is 1. The van der Waals surface area contributed by atoms with E-state index in [1.54, 1.807) is 12.1 Å². The number of nitrogens with zero attached hydrogens (tertiary/aromatic N) is 2. The lowest BCUT2D eigenvalue weighted by atomic mass is 10.0. The minimum absolute atomic E-state index is 0.121. The topological polar surface area (TPSA) is 94.0 Å². The maximum absolute atomic E-state index is 12.2. The predicted molar refractivity (Wildman–Crippen MR) is 106 cm³/mol. The number of benzene rings is 2. The van der Waals surface area contributed by atoms with Crippen molar-refractivity contribution >= 4 is 17.3 Å². The molecule has 0 saturated carbocycles. The Labute approximate surface area is 158 Å². The fourth-order valence-electron chi connectivity index (χ4n) is 2.70. The van der Waals surface area contributed by atoms with Gasteiger partial charge in [0, 0.05) is 29.8 Å². The Hall–Kier alpha value is -3.15. The summed E-state index contributed by atoms with van der Waals surface area (Å²) in [5.74, 6) is 1.33. The molecule has 6 nitrogen and oxygen atoms in total. The number of nitrogen functional groups attached to an aromatic ring is 1. The summed E-state index contributed by atoms with van der Waals surface area (Å²) < 4.78 is 5.28. The minimum Gasteiger partial charge on any atom is -0.399 e. The fourth-order valence-corrected chi connectivity index (χ4v) is 2.70. The molecule has 3 rings (SSSR count). The maximum atomic E-state index is 12.2. The lowest BCUT2D eigenvalue weighted by molar-refractivity contribution is -0.116. The highest BCUT2D eigenvalue weighted by Crippen LogP contribution is 2.21. The van der Waals surface area contributed by atoms with Crippen LogP contribution < -0.4 is 11.1 Å². The highest BCUT2D eigenvalue weighted by atomic mass is 16.5. The molecular weight excluding hydrogens is 340 g/mol. The van der Waals surface area contributed by atoms with Gasteiger partial charge in [-0.1, -0.05) is 49.3 Å². The van der Waals surface area contributed by atoms with Gasteiger partial charge in [0.05, 0.1) is 0 Å². The van der Waals surface area contributed by atoms with Crippen LogP contribution in [0.3, 0.4) is 0 Å². The smallest absolute Gasteiger partial charge is 0.227 e. The van der Waals surface area contributed by atoms with Gasteiger partial charge in [-0.15, -0.1) is 0 Å². The number of anilines is 2. The van der Waals surface area contributed by atoms with Crippen LogP contribution >= 0.6 is 0 Å². The standard InChI is InChI=1S/C21H24N4O2/c1-13(2)15-5-7-16(8-6-15)21-24-20(27-25-21)11-10-19(26)23-18-12-17(22)9-4-14(18)3/h4-9,12-13H,10-11,22H2,1-3H3,(H,23,26). The van der Waals surface area contributed by atoms with Gasteiger partial charge in [-0.25, -0.2) is 0 Å². The normalized spacial score (nSPS) is 11.0. The highest BCUT2D eigenvalue weighted by Gasteiger charge is 2.12. The predicted octanol–water partition coefficient (Wildman–Crippen LogP) is 4.32. The van der Waals surface area contributed by atoms with E-state index in [4.69, 9.17) is 10.3 Å². The molecule has 0 bridgehead atoms. The average Bonchev–Trinajstić information content (AvgIpc) is 3.12. The fraction of sp³-hybridized carbons (Fsp3) is 0.286. The Morgan fingerprint density at radius 2 is 1.93 bits per heavy atom. The third kappa shape index (κ3) is 4.73. The van der Waals surface area contributed by atoms with E-state index in [1.807, 2.05) is 25.1 Å². The zero-order valence-electron chi connectivity index (χ0n) is 15.8. The number of nitrogens with two attached hydrogens (primary N) is 1. The molecular formula is C21H24N4O2. The van der Waals surface area contributed by atoms with E-state index in [0.29, 0.717) is 29.7 Å². The molecule has 0 atom stereocenters. The number of rotatable bonds is 6. The van der Waals surface area contributed by atoms with Crippen molar-refractivity contribution in [1.29, 1.82) is 0 Å². The third-order valence-electron chi connectivity index (χ3n) is 4.41. The average molecular weight is 364 g/mol. The summed E-state index contributed by atoms with van der Waals surface area (Å²) in [7, 11) is 0. The number of amides is 1. The van der Waals surface area contributed by atoms with Gasteiger partial charge >= 0.3 is 0 Å². The van der Waals surface area contributed by atoms with Gasteiger partial charge < -0.3 is 15.6 Å². The van der Waals surface area contributed by atoms with Crippen molar-refractivity contribution in [1.82, 2.24) is 10.1 Å². The SMILES string of the molecule is Cc1ccc(N)cc1NC(=O)CCc1nc(-c2ccc(C(C)C)cc2)no1. The molecule has 0 saturated heterocycles. The molecule has 1 amide bonds. The molecule has 3 N–H and O–H groups in total. The van der Waals surface area contributed by atoms with Gasteiger partial charge in [0.2, 0.25) is 17.6 Å². The van der Waals surface area contributed by atoms with Crippen LogP contribution in [0.5, 0.6) is 0 Å². The minimum atomic E-state index is -0.121. The first-order valence-electron chi connectivity index (χ1n) is 9.01. The van der Waals surface area contributed by atoms with Crippen LogP contribution in [0.15, 0.2) is 47.0 Å². The summed E-state index contributed by atoms with van der Waals surface area (Å²) in [6, 6.07) is 13.5.